The molecule has 7 heteroatoms. The average Bonchev–Trinajstić information content (AvgIpc) is 2.86. The standard InChI is InChI=1S/C28H35N5O2/c1-19(35-26-17-23(18-30-27(26)29)20-11-13-33(4)14-12-20)21-7-5-9-24(15-21)31-28(34)22-8-6-10-25(16-22)32(2)3/h5-10,15-20H,11-14H2,1-4H3,(H2,29,30)(H,31,34)/t19-/m1/s1. The van der Waals surface area contributed by atoms with Crippen LogP contribution in [0.2, 0.25) is 0 Å². The second kappa shape index (κ2) is 10.8. The Labute approximate surface area is 207 Å². The fraction of sp³-hybridized carbons (Fsp3) is 0.357. The summed E-state index contributed by atoms with van der Waals surface area (Å²) in [6.07, 6.45) is 3.83. The number of rotatable bonds is 7. The Hall–Kier alpha value is -3.58. The van der Waals surface area contributed by atoms with Gasteiger partial charge in [0.15, 0.2) is 11.6 Å². The summed E-state index contributed by atoms with van der Waals surface area (Å²) in [5.41, 5.74) is 10.6. The van der Waals surface area contributed by atoms with Crippen molar-refractivity contribution in [1.82, 2.24) is 9.88 Å². The number of nitrogens with one attached hydrogen (secondary N) is 1. The van der Waals surface area contributed by atoms with Gasteiger partial charge in [-0.1, -0.05) is 18.2 Å². The lowest BCUT2D eigenvalue weighted by Crippen LogP contribution is -2.29. The smallest absolute Gasteiger partial charge is 0.255 e. The third-order valence-corrected chi connectivity index (χ3v) is 6.64. The number of aromatic nitrogens is 1. The number of carbonyl (C=O) groups is 1. The molecule has 3 N–H and O–H groups in total. The van der Waals surface area contributed by atoms with Gasteiger partial charge in [0, 0.05) is 37.2 Å². The van der Waals surface area contributed by atoms with Gasteiger partial charge in [-0.25, -0.2) is 4.98 Å². The molecule has 1 aliphatic heterocycles. The van der Waals surface area contributed by atoms with E-state index in [9.17, 15) is 4.79 Å². The van der Waals surface area contributed by atoms with Gasteiger partial charge in [0.1, 0.15) is 6.10 Å². The molecule has 4 rings (SSSR count). The van der Waals surface area contributed by atoms with Crippen molar-refractivity contribution in [2.24, 2.45) is 0 Å². The number of nitrogen functional groups attached to an aromatic ring is 1. The molecule has 0 aliphatic carbocycles. The lowest BCUT2D eigenvalue weighted by Gasteiger charge is -2.29. The van der Waals surface area contributed by atoms with E-state index in [1.165, 1.54) is 5.56 Å². The van der Waals surface area contributed by atoms with Gasteiger partial charge in [-0.2, -0.15) is 0 Å². The van der Waals surface area contributed by atoms with Crippen molar-refractivity contribution in [3.63, 3.8) is 0 Å². The molecule has 1 fully saturated rings. The van der Waals surface area contributed by atoms with Crippen LogP contribution < -0.4 is 20.7 Å². The first-order chi connectivity index (χ1) is 16.8. The molecule has 2 aromatic carbocycles. The molecule has 1 amide bonds. The number of anilines is 3. The minimum atomic E-state index is -0.263. The van der Waals surface area contributed by atoms with Crippen LogP contribution in [-0.2, 0) is 0 Å². The third kappa shape index (κ3) is 6.11. The highest BCUT2D eigenvalue weighted by molar-refractivity contribution is 6.04. The summed E-state index contributed by atoms with van der Waals surface area (Å²) in [7, 11) is 6.06. The zero-order valence-electron chi connectivity index (χ0n) is 21.0. The maximum Gasteiger partial charge on any atom is 0.255 e. The van der Waals surface area contributed by atoms with Crippen LogP contribution in [0, 0.1) is 0 Å². The first kappa shape index (κ1) is 24.5. The quantitative estimate of drug-likeness (QED) is 0.506. The van der Waals surface area contributed by atoms with Crippen LogP contribution in [-0.4, -0.2) is 50.0 Å². The lowest BCUT2D eigenvalue weighted by atomic mass is 9.90. The van der Waals surface area contributed by atoms with E-state index in [2.05, 4.69) is 22.2 Å². The van der Waals surface area contributed by atoms with Gasteiger partial charge in [-0.15, -0.1) is 0 Å². The summed E-state index contributed by atoms with van der Waals surface area (Å²) in [5.74, 6) is 1.31. The highest BCUT2D eigenvalue weighted by atomic mass is 16.5. The summed E-state index contributed by atoms with van der Waals surface area (Å²) in [4.78, 5) is 21.6. The Balaban J connectivity index is 1.45. The van der Waals surface area contributed by atoms with Crippen molar-refractivity contribution in [1.29, 1.82) is 0 Å². The van der Waals surface area contributed by atoms with Gasteiger partial charge in [0.2, 0.25) is 0 Å². The summed E-state index contributed by atoms with van der Waals surface area (Å²) in [6, 6.07) is 17.3. The van der Waals surface area contributed by atoms with Crippen molar-refractivity contribution in [3.8, 4) is 5.75 Å². The van der Waals surface area contributed by atoms with E-state index in [0.717, 1.165) is 37.2 Å². The summed E-state index contributed by atoms with van der Waals surface area (Å²) in [5, 5.41) is 3.00. The number of likely N-dealkylation sites (tertiary alicyclic amines) is 1. The second-order valence-corrected chi connectivity index (χ2v) is 9.51. The monoisotopic (exact) mass is 473 g/mol. The first-order valence-corrected chi connectivity index (χ1v) is 12.1. The van der Waals surface area contributed by atoms with Gasteiger partial charge in [0.05, 0.1) is 0 Å². The topological polar surface area (TPSA) is 83.7 Å². The van der Waals surface area contributed by atoms with E-state index >= 15 is 0 Å². The number of nitrogens with two attached hydrogens (primary N) is 1. The number of nitrogens with zero attached hydrogens (tertiary/aromatic N) is 3. The predicted molar refractivity (Wildman–Crippen MR) is 142 cm³/mol. The third-order valence-electron chi connectivity index (χ3n) is 6.64. The van der Waals surface area contributed by atoms with Gasteiger partial charge >= 0.3 is 0 Å². The number of piperidine rings is 1. The minimum absolute atomic E-state index is 0.154. The number of benzene rings is 2. The van der Waals surface area contributed by atoms with Gasteiger partial charge in [-0.3, -0.25) is 4.79 Å². The van der Waals surface area contributed by atoms with Crippen LogP contribution in [0.1, 0.15) is 53.3 Å². The molecule has 0 radical (unpaired) electrons. The van der Waals surface area contributed by atoms with Crippen molar-refractivity contribution in [3.05, 3.63) is 77.5 Å². The second-order valence-electron chi connectivity index (χ2n) is 9.51. The predicted octanol–water partition coefficient (Wildman–Crippen LogP) is 4.93. The molecule has 0 spiro atoms. The van der Waals surface area contributed by atoms with Crippen LogP contribution >= 0.6 is 0 Å². The van der Waals surface area contributed by atoms with Crippen molar-refractivity contribution in [2.45, 2.75) is 31.8 Å². The number of hydrogen-bond acceptors (Lipinski definition) is 6. The molecular formula is C28H35N5O2. The number of pyridine rings is 1. The molecule has 0 unspecified atom stereocenters. The molecule has 0 bridgehead atoms. The van der Waals surface area contributed by atoms with E-state index in [0.29, 0.717) is 28.7 Å². The van der Waals surface area contributed by atoms with Gasteiger partial charge in [-0.05, 0) is 93.3 Å². The van der Waals surface area contributed by atoms with E-state index in [-0.39, 0.29) is 12.0 Å². The number of ether oxygens (including phenoxy) is 1. The van der Waals surface area contributed by atoms with Crippen molar-refractivity contribution < 1.29 is 9.53 Å². The van der Waals surface area contributed by atoms with E-state index in [1.807, 2.05) is 86.7 Å². The van der Waals surface area contributed by atoms with Crippen LogP contribution in [0.4, 0.5) is 17.2 Å². The number of amides is 1. The lowest BCUT2D eigenvalue weighted by molar-refractivity contribution is 0.102. The highest BCUT2D eigenvalue weighted by Crippen LogP contribution is 2.33. The van der Waals surface area contributed by atoms with Crippen LogP contribution in [0.15, 0.2) is 60.8 Å². The normalized spacial score (nSPS) is 15.4. The zero-order chi connectivity index (χ0) is 24.9. The molecule has 7 nitrogen and oxygen atoms in total. The molecule has 1 aromatic heterocycles. The molecule has 1 saturated heterocycles. The van der Waals surface area contributed by atoms with Crippen LogP contribution in [0.3, 0.4) is 0 Å². The molecular weight excluding hydrogens is 438 g/mol. The zero-order valence-corrected chi connectivity index (χ0v) is 21.0. The van der Waals surface area contributed by atoms with E-state index in [4.69, 9.17) is 10.5 Å². The fourth-order valence-corrected chi connectivity index (χ4v) is 4.39. The van der Waals surface area contributed by atoms with Crippen LogP contribution in [0.5, 0.6) is 5.75 Å². The minimum Gasteiger partial charge on any atom is -0.482 e. The SMILES string of the molecule is C[C@@H](Oc1cc(C2CCN(C)CC2)cnc1N)c1cccc(NC(=O)c2cccc(N(C)C)c2)c1. The molecule has 2 heterocycles. The largest absolute Gasteiger partial charge is 0.482 e. The Morgan fingerprint density at radius 3 is 2.63 bits per heavy atom. The first-order valence-electron chi connectivity index (χ1n) is 12.1. The van der Waals surface area contributed by atoms with Gasteiger partial charge < -0.3 is 25.6 Å². The maximum atomic E-state index is 12.8. The fourth-order valence-electron chi connectivity index (χ4n) is 4.39. The average molecular weight is 474 g/mol. The Bertz CT molecular complexity index is 1170. The summed E-state index contributed by atoms with van der Waals surface area (Å²) >= 11 is 0. The molecule has 0 saturated carbocycles. The van der Waals surface area contributed by atoms with Crippen molar-refractivity contribution in [2.75, 3.05) is 50.2 Å². The molecule has 3 aromatic rings. The van der Waals surface area contributed by atoms with Gasteiger partial charge in [0.25, 0.3) is 5.91 Å². The highest BCUT2D eigenvalue weighted by Gasteiger charge is 2.21. The summed E-state index contributed by atoms with van der Waals surface area (Å²) < 4.78 is 6.25. The van der Waals surface area contributed by atoms with E-state index < -0.39 is 0 Å². The van der Waals surface area contributed by atoms with E-state index in [1.54, 1.807) is 0 Å². The number of hydrogen-bond donors (Lipinski definition) is 2. The Kier molecular flexibility index (Phi) is 7.56. The molecule has 184 valence electrons. The Morgan fingerprint density at radius 1 is 1.14 bits per heavy atom. The maximum absolute atomic E-state index is 12.8. The summed E-state index contributed by atoms with van der Waals surface area (Å²) in [6.45, 7) is 4.14. The Morgan fingerprint density at radius 2 is 1.89 bits per heavy atom. The molecule has 1 atom stereocenters. The van der Waals surface area contributed by atoms with Crippen molar-refractivity contribution >= 4 is 23.1 Å². The molecule has 35 heavy (non-hydrogen) atoms. The molecule has 1 aliphatic rings. The van der Waals surface area contributed by atoms with Crippen LogP contribution in [0.25, 0.3) is 0 Å². The number of carbonyl (C=O) groups excluding carboxylic acids is 1.